The van der Waals surface area contributed by atoms with Crippen LogP contribution in [0.4, 0.5) is 0 Å². The summed E-state index contributed by atoms with van der Waals surface area (Å²) < 4.78 is 35.5. The Morgan fingerprint density at radius 1 is 0.879 bits per heavy atom. The van der Waals surface area contributed by atoms with Crippen LogP contribution in [0, 0.1) is 0 Å². The molecule has 2 aliphatic carbocycles. The molecule has 17 nitrogen and oxygen atoms in total. The summed E-state index contributed by atoms with van der Waals surface area (Å²) in [7, 11) is 0. The maximum Gasteiger partial charge on any atom is 0.338 e. The van der Waals surface area contributed by atoms with Crippen LogP contribution < -0.4 is 10.6 Å². The fourth-order valence-corrected chi connectivity index (χ4v) is 8.42. The van der Waals surface area contributed by atoms with Gasteiger partial charge in [-0.1, -0.05) is 60.7 Å². The van der Waals surface area contributed by atoms with Gasteiger partial charge in [-0.15, -0.1) is 0 Å². The lowest BCUT2D eigenvalue weighted by atomic mass is 9.91. The molecule has 0 bridgehead atoms. The number of hydrogen-bond acceptors (Lipinski definition) is 15. The van der Waals surface area contributed by atoms with Gasteiger partial charge in [0.1, 0.15) is 48.3 Å². The molecule has 2 aliphatic heterocycles. The zero-order valence-corrected chi connectivity index (χ0v) is 37.0. The zero-order chi connectivity index (χ0) is 47.2. The van der Waals surface area contributed by atoms with Gasteiger partial charge in [-0.25, -0.2) is 4.79 Å². The van der Waals surface area contributed by atoms with Crippen molar-refractivity contribution in [2.75, 3.05) is 19.8 Å². The van der Waals surface area contributed by atoms with Crippen molar-refractivity contribution in [3.8, 4) is 0 Å². The molecule has 17 heteroatoms. The summed E-state index contributed by atoms with van der Waals surface area (Å²) in [6.45, 7) is 4.37. The molecule has 9 atom stereocenters. The fourth-order valence-electron chi connectivity index (χ4n) is 8.42. The summed E-state index contributed by atoms with van der Waals surface area (Å²) in [4.78, 5) is 52.9. The Labute approximate surface area is 382 Å². The van der Waals surface area contributed by atoms with Gasteiger partial charge in [-0.3, -0.25) is 14.4 Å². The van der Waals surface area contributed by atoms with E-state index in [1.54, 1.807) is 87.5 Å². The lowest BCUT2D eigenvalue weighted by Crippen LogP contribution is -2.59. The monoisotopic (exact) mass is 914 g/mol. The highest BCUT2D eigenvalue weighted by Gasteiger charge is 2.55. The molecule has 4 aliphatic rings. The highest BCUT2D eigenvalue weighted by atomic mass is 16.8. The molecule has 66 heavy (non-hydrogen) atoms. The van der Waals surface area contributed by atoms with Crippen molar-refractivity contribution < 1.29 is 73.1 Å². The van der Waals surface area contributed by atoms with Crippen LogP contribution in [-0.2, 0) is 57.4 Å². The third kappa shape index (κ3) is 12.0. The molecular weight excluding hydrogens is 857 g/mol. The van der Waals surface area contributed by atoms with Crippen LogP contribution in [0.25, 0.3) is 6.08 Å². The average molecular weight is 915 g/mol. The van der Waals surface area contributed by atoms with Gasteiger partial charge in [-0.2, -0.15) is 0 Å². The molecule has 2 heterocycles. The number of nitrogens with one attached hydrogen (secondary N) is 2. The first-order chi connectivity index (χ1) is 31.5. The molecule has 2 fully saturated rings. The Bertz CT molecular complexity index is 2250. The van der Waals surface area contributed by atoms with Crippen LogP contribution >= 0.6 is 0 Å². The van der Waals surface area contributed by atoms with Crippen molar-refractivity contribution in [3.63, 3.8) is 0 Å². The molecule has 3 aromatic carbocycles. The van der Waals surface area contributed by atoms with E-state index in [0.29, 0.717) is 35.1 Å². The van der Waals surface area contributed by atoms with Crippen molar-refractivity contribution in [2.24, 2.45) is 0 Å². The van der Waals surface area contributed by atoms with E-state index in [1.807, 2.05) is 24.3 Å². The van der Waals surface area contributed by atoms with Crippen molar-refractivity contribution in [3.05, 3.63) is 124 Å². The van der Waals surface area contributed by atoms with E-state index in [-0.39, 0.29) is 44.6 Å². The highest BCUT2D eigenvalue weighted by molar-refractivity contribution is 5.95. The topological polar surface area (TPSA) is 249 Å². The summed E-state index contributed by atoms with van der Waals surface area (Å²) in [6.07, 6.45) is -2.95. The number of aliphatic hydroxyl groups is 5. The number of carbonyl (C=O) groups excluding carboxylic acids is 4. The summed E-state index contributed by atoms with van der Waals surface area (Å²) in [5, 5.41) is 55.2. The fraction of sp³-hybridized carbons (Fsp3) is 0.469. The number of fused-ring (bicyclic) bond motifs is 2. The van der Waals surface area contributed by atoms with Gasteiger partial charge in [0.15, 0.2) is 12.1 Å². The largest absolute Gasteiger partial charge is 0.460 e. The van der Waals surface area contributed by atoms with Crippen LogP contribution in [0.15, 0.2) is 90.5 Å². The second-order valence-corrected chi connectivity index (χ2v) is 18.0. The number of esters is 2. The summed E-state index contributed by atoms with van der Waals surface area (Å²) in [5.41, 5.74) is 3.74. The molecule has 7 N–H and O–H groups in total. The lowest BCUT2D eigenvalue weighted by Gasteiger charge is -2.39. The summed E-state index contributed by atoms with van der Waals surface area (Å²) >= 11 is 0. The molecule has 2 saturated heterocycles. The molecule has 0 unspecified atom stereocenters. The van der Waals surface area contributed by atoms with Gasteiger partial charge in [-0.05, 0) is 79.8 Å². The Hall–Kier alpha value is -5.34. The maximum absolute atomic E-state index is 13.8. The van der Waals surface area contributed by atoms with Crippen molar-refractivity contribution in [1.82, 2.24) is 10.6 Å². The van der Waals surface area contributed by atoms with Gasteiger partial charge in [0.25, 0.3) is 5.91 Å². The standard InChI is InChI=1S/C49H58N2O15/c1-48(2,3)65-39(54)18-17-35(26-52)51-45(59)31-12-6-8-29(20-31)25-50-44(58)34-21-36(43-37(22-34)64-49(66-43)23-32-10-4-5-11-33(32)24-49)62-46(60)30-15-13-28(14-16-30)9-7-19-61-47-42(57)41(56)40(55)38(27-53)63-47/h4-16,20,22,35-38,40-43,47,52-53,55-57H,17-19,21,23-27H2,1-3H3,(H,50,58)(H,51,59)/t35-,36+,37+,38+,40-,41-,42+,43-,47-/m0/s1. The summed E-state index contributed by atoms with van der Waals surface area (Å²) in [6, 6.07) is 20.5. The van der Waals surface area contributed by atoms with Crippen LogP contribution in [0.2, 0.25) is 0 Å². The van der Waals surface area contributed by atoms with Crippen LogP contribution in [0.3, 0.4) is 0 Å². The number of hydrogen-bond donors (Lipinski definition) is 7. The van der Waals surface area contributed by atoms with Crippen molar-refractivity contribution in [2.45, 2.75) is 126 Å². The van der Waals surface area contributed by atoms with E-state index in [9.17, 15) is 44.7 Å². The third-order valence-corrected chi connectivity index (χ3v) is 11.7. The van der Waals surface area contributed by atoms with Crippen molar-refractivity contribution in [1.29, 1.82) is 0 Å². The van der Waals surface area contributed by atoms with Crippen LogP contribution in [0.1, 0.15) is 83.0 Å². The van der Waals surface area contributed by atoms with Crippen LogP contribution in [0.5, 0.6) is 0 Å². The second-order valence-electron chi connectivity index (χ2n) is 18.0. The number of carbonyl (C=O) groups is 4. The average Bonchev–Trinajstić information content (AvgIpc) is 3.85. The number of rotatable bonds is 16. The molecule has 354 valence electrons. The van der Waals surface area contributed by atoms with E-state index in [4.69, 9.17) is 28.4 Å². The van der Waals surface area contributed by atoms with Crippen LogP contribution in [-0.4, -0.2) is 136 Å². The lowest BCUT2D eigenvalue weighted by molar-refractivity contribution is -0.298. The quantitative estimate of drug-likeness (QED) is 0.102. The molecule has 0 radical (unpaired) electrons. The number of aliphatic hydroxyl groups excluding tert-OH is 5. The minimum absolute atomic E-state index is 0.0169. The molecule has 7 rings (SSSR count). The Morgan fingerprint density at radius 2 is 1.61 bits per heavy atom. The Balaban J connectivity index is 0.974. The van der Waals surface area contributed by atoms with E-state index in [1.165, 1.54) is 0 Å². The van der Waals surface area contributed by atoms with Crippen molar-refractivity contribution >= 4 is 29.8 Å². The SMILES string of the molecule is CC(C)(C)OC(=O)CC[C@@H](CO)NC(=O)c1cccc(CNC(=O)C2=C[C@H]3OC4(Cc5ccccc5C4)O[C@H]3[C@H](OC(=O)c3ccc(C=CCO[C@H]4O[C@H](CO)[C@H](O)[C@H](O)[C@H]4O)cc3)C2)c1. The van der Waals surface area contributed by atoms with E-state index < -0.39 is 96.8 Å². The first-order valence-electron chi connectivity index (χ1n) is 22.1. The van der Waals surface area contributed by atoms with E-state index in [2.05, 4.69) is 10.6 Å². The predicted octanol–water partition coefficient (Wildman–Crippen LogP) is 2.18. The molecular formula is C49H58N2O15. The smallest absolute Gasteiger partial charge is 0.338 e. The zero-order valence-electron chi connectivity index (χ0n) is 37.0. The highest BCUT2D eigenvalue weighted by Crippen LogP contribution is 2.45. The van der Waals surface area contributed by atoms with E-state index in [0.717, 1.165) is 11.1 Å². The Kier molecular flexibility index (Phi) is 15.5. The number of ether oxygens (including phenoxy) is 6. The minimum Gasteiger partial charge on any atom is -0.460 e. The normalized spacial score (nSPS) is 26.0. The van der Waals surface area contributed by atoms with E-state index >= 15 is 0 Å². The van der Waals surface area contributed by atoms with Gasteiger partial charge in [0, 0.05) is 43.4 Å². The van der Waals surface area contributed by atoms with Gasteiger partial charge in [0.05, 0.1) is 31.4 Å². The Morgan fingerprint density at radius 3 is 2.29 bits per heavy atom. The third-order valence-electron chi connectivity index (χ3n) is 11.7. The van der Waals surface area contributed by atoms with Gasteiger partial charge >= 0.3 is 11.9 Å². The number of amides is 2. The number of benzene rings is 3. The van der Waals surface area contributed by atoms with Gasteiger partial charge in [0.2, 0.25) is 5.91 Å². The molecule has 0 saturated carbocycles. The molecule has 0 aromatic heterocycles. The first-order valence-corrected chi connectivity index (χ1v) is 22.1. The minimum atomic E-state index is -1.55. The summed E-state index contributed by atoms with van der Waals surface area (Å²) in [5.74, 6) is -2.94. The predicted molar refractivity (Wildman–Crippen MR) is 235 cm³/mol. The van der Waals surface area contributed by atoms with Gasteiger partial charge < -0.3 is 64.6 Å². The second kappa shape index (κ2) is 21.1. The molecule has 3 aromatic rings. The molecule has 2 amide bonds. The first kappa shape index (κ1) is 48.6. The maximum atomic E-state index is 13.8. The molecule has 1 spiro atoms.